The summed E-state index contributed by atoms with van der Waals surface area (Å²) in [6.45, 7) is 12.3. The number of amides is 3. The van der Waals surface area contributed by atoms with Gasteiger partial charge in [0.25, 0.3) is 5.91 Å². The summed E-state index contributed by atoms with van der Waals surface area (Å²) >= 11 is 0. The molecule has 0 aliphatic carbocycles. The molecule has 8 nitrogen and oxygen atoms in total. The summed E-state index contributed by atoms with van der Waals surface area (Å²) in [6.07, 6.45) is 0.402. The van der Waals surface area contributed by atoms with Crippen molar-refractivity contribution < 1.29 is 19.1 Å². The zero-order valence-electron chi connectivity index (χ0n) is 20.3. The van der Waals surface area contributed by atoms with Gasteiger partial charge in [0.15, 0.2) is 0 Å². The minimum atomic E-state index is -0.689. The van der Waals surface area contributed by atoms with Crippen molar-refractivity contribution in [1.29, 1.82) is 0 Å². The molecular formula is C25H34N4O4. The van der Waals surface area contributed by atoms with E-state index in [1.165, 1.54) is 0 Å². The molecule has 0 radical (unpaired) electrons. The van der Waals surface area contributed by atoms with Gasteiger partial charge in [-0.05, 0) is 44.7 Å². The molecule has 2 saturated heterocycles. The monoisotopic (exact) mass is 454 g/mol. The van der Waals surface area contributed by atoms with Gasteiger partial charge in [-0.3, -0.25) is 9.59 Å². The molecule has 178 valence electrons. The number of hydrogen-bond acceptors (Lipinski definition) is 4. The number of rotatable bonds is 3. The second-order valence-electron chi connectivity index (χ2n) is 11.2. The lowest BCUT2D eigenvalue weighted by Gasteiger charge is -2.39. The minimum Gasteiger partial charge on any atom is -0.444 e. The van der Waals surface area contributed by atoms with E-state index in [9.17, 15) is 14.4 Å². The standard InChI is InChI=1S/C25H34N4O4/c1-24(2,3)20(27-21(30)19-11-15-9-7-8-10-18(15)26-19)22(31)28-13-17-12-16(28)14-29(17)23(32)33-25(4,5)6/h7-11,16-17,20,26H,12-14H2,1-6H3,(H,27,30). The van der Waals surface area contributed by atoms with E-state index in [1.807, 2.05) is 70.7 Å². The number of nitrogens with one attached hydrogen (secondary N) is 2. The van der Waals surface area contributed by atoms with Crippen LogP contribution in [0.2, 0.25) is 0 Å². The van der Waals surface area contributed by atoms with Crippen molar-refractivity contribution in [2.75, 3.05) is 13.1 Å². The van der Waals surface area contributed by atoms with Crippen LogP contribution in [0.5, 0.6) is 0 Å². The number of ether oxygens (including phenoxy) is 1. The molecule has 33 heavy (non-hydrogen) atoms. The maximum absolute atomic E-state index is 13.6. The van der Waals surface area contributed by atoms with E-state index in [2.05, 4.69) is 10.3 Å². The van der Waals surface area contributed by atoms with Gasteiger partial charge in [0.2, 0.25) is 5.91 Å². The number of aromatic amines is 1. The average molecular weight is 455 g/mol. The number of H-pyrrole nitrogens is 1. The van der Waals surface area contributed by atoms with E-state index in [1.54, 1.807) is 11.0 Å². The number of likely N-dealkylation sites (tertiary alicyclic amines) is 2. The molecule has 1 aromatic carbocycles. The molecule has 3 heterocycles. The zero-order valence-corrected chi connectivity index (χ0v) is 20.3. The van der Waals surface area contributed by atoms with Crippen LogP contribution in [0.4, 0.5) is 4.79 Å². The van der Waals surface area contributed by atoms with E-state index in [-0.39, 0.29) is 30.0 Å². The highest BCUT2D eigenvalue weighted by Gasteiger charge is 2.50. The van der Waals surface area contributed by atoms with Crippen LogP contribution in [0.25, 0.3) is 10.9 Å². The summed E-state index contributed by atoms with van der Waals surface area (Å²) < 4.78 is 5.52. The predicted molar refractivity (Wildman–Crippen MR) is 126 cm³/mol. The van der Waals surface area contributed by atoms with E-state index in [4.69, 9.17) is 4.74 Å². The Labute approximate surface area is 194 Å². The number of piperazine rings is 1. The summed E-state index contributed by atoms with van der Waals surface area (Å²) in [7, 11) is 0. The van der Waals surface area contributed by atoms with Crippen molar-refractivity contribution in [1.82, 2.24) is 20.1 Å². The molecule has 2 N–H and O–H groups in total. The highest BCUT2D eigenvalue weighted by atomic mass is 16.6. The smallest absolute Gasteiger partial charge is 0.410 e. The van der Waals surface area contributed by atoms with Gasteiger partial charge in [0.05, 0.1) is 12.1 Å². The molecule has 0 spiro atoms. The van der Waals surface area contributed by atoms with E-state index in [0.29, 0.717) is 18.8 Å². The molecule has 1 aromatic heterocycles. The Morgan fingerprint density at radius 2 is 1.67 bits per heavy atom. The second-order valence-corrected chi connectivity index (χ2v) is 11.2. The van der Waals surface area contributed by atoms with Crippen LogP contribution in [0.15, 0.2) is 30.3 Å². The van der Waals surface area contributed by atoms with Crippen LogP contribution in [-0.2, 0) is 9.53 Å². The van der Waals surface area contributed by atoms with Crippen molar-refractivity contribution in [3.05, 3.63) is 36.0 Å². The first-order valence-electron chi connectivity index (χ1n) is 11.5. The predicted octanol–water partition coefficient (Wildman–Crippen LogP) is 3.53. The molecule has 0 saturated carbocycles. The van der Waals surface area contributed by atoms with Crippen molar-refractivity contribution in [2.45, 2.75) is 71.7 Å². The Morgan fingerprint density at radius 1 is 1.03 bits per heavy atom. The molecule has 4 rings (SSSR count). The molecule has 2 bridgehead atoms. The molecule has 2 fully saturated rings. The molecule has 3 unspecified atom stereocenters. The van der Waals surface area contributed by atoms with Crippen molar-refractivity contribution in [3.63, 3.8) is 0 Å². The highest BCUT2D eigenvalue weighted by molar-refractivity contribution is 6.00. The van der Waals surface area contributed by atoms with Gasteiger partial charge in [-0.15, -0.1) is 0 Å². The third-order valence-electron chi connectivity index (χ3n) is 6.31. The molecule has 2 aliphatic heterocycles. The normalized spacial score (nSPS) is 21.4. The number of carbonyl (C=O) groups excluding carboxylic acids is 3. The molecule has 2 aromatic rings. The van der Waals surface area contributed by atoms with Gasteiger partial charge in [0.1, 0.15) is 17.3 Å². The zero-order chi connectivity index (χ0) is 24.1. The van der Waals surface area contributed by atoms with Gasteiger partial charge >= 0.3 is 6.09 Å². The molecule has 8 heteroatoms. The van der Waals surface area contributed by atoms with Gasteiger partial charge < -0.3 is 24.8 Å². The van der Waals surface area contributed by atoms with Gasteiger partial charge in [-0.25, -0.2) is 4.79 Å². The quantitative estimate of drug-likeness (QED) is 0.742. The Balaban J connectivity index is 1.46. The van der Waals surface area contributed by atoms with Crippen LogP contribution in [-0.4, -0.2) is 69.5 Å². The molecule has 3 atom stereocenters. The molecule has 3 amide bonds. The van der Waals surface area contributed by atoms with Crippen molar-refractivity contribution in [3.8, 4) is 0 Å². The lowest BCUT2D eigenvalue weighted by Crippen LogP contribution is -2.59. The van der Waals surface area contributed by atoms with Gasteiger partial charge in [-0.1, -0.05) is 39.0 Å². The van der Waals surface area contributed by atoms with Crippen LogP contribution >= 0.6 is 0 Å². The minimum absolute atomic E-state index is 0.0566. The highest BCUT2D eigenvalue weighted by Crippen LogP contribution is 2.34. The van der Waals surface area contributed by atoms with E-state index >= 15 is 0 Å². The number of benzene rings is 1. The van der Waals surface area contributed by atoms with Crippen LogP contribution in [0.3, 0.4) is 0 Å². The van der Waals surface area contributed by atoms with Crippen LogP contribution in [0.1, 0.15) is 58.5 Å². The van der Waals surface area contributed by atoms with E-state index < -0.39 is 17.1 Å². The van der Waals surface area contributed by atoms with Crippen molar-refractivity contribution in [2.24, 2.45) is 5.41 Å². The number of hydrogen-bond donors (Lipinski definition) is 2. The fourth-order valence-electron chi connectivity index (χ4n) is 4.70. The largest absolute Gasteiger partial charge is 0.444 e. The summed E-state index contributed by atoms with van der Waals surface area (Å²) in [5.74, 6) is -0.414. The first-order chi connectivity index (χ1) is 15.3. The third-order valence-corrected chi connectivity index (χ3v) is 6.31. The third kappa shape index (κ3) is 4.70. The second kappa shape index (κ2) is 8.08. The van der Waals surface area contributed by atoms with Crippen LogP contribution in [0, 0.1) is 5.41 Å². The van der Waals surface area contributed by atoms with Gasteiger partial charge in [0, 0.05) is 24.0 Å². The first kappa shape index (κ1) is 23.1. The topological polar surface area (TPSA) is 94.7 Å². The summed E-state index contributed by atoms with van der Waals surface area (Å²) in [6, 6.07) is 8.66. The Bertz CT molecular complexity index is 1040. The molecule has 2 aliphatic rings. The lowest BCUT2D eigenvalue weighted by atomic mass is 9.85. The number of aromatic nitrogens is 1. The first-order valence-corrected chi connectivity index (χ1v) is 11.5. The SMILES string of the molecule is CC(C)(C)OC(=O)N1CC2CC1CN2C(=O)C(NC(=O)c1cc2ccccc2[nH]1)C(C)(C)C. The maximum Gasteiger partial charge on any atom is 0.410 e. The fraction of sp³-hybridized carbons (Fsp3) is 0.560. The Kier molecular flexibility index (Phi) is 5.66. The van der Waals surface area contributed by atoms with Crippen LogP contribution < -0.4 is 5.32 Å². The Morgan fingerprint density at radius 3 is 2.24 bits per heavy atom. The molecular weight excluding hydrogens is 420 g/mol. The lowest BCUT2D eigenvalue weighted by molar-refractivity contribution is -0.138. The summed E-state index contributed by atoms with van der Waals surface area (Å²) in [4.78, 5) is 45.9. The Hall–Kier alpha value is -3.03. The maximum atomic E-state index is 13.6. The van der Waals surface area contributed by atoms with Gasteiger partial charge in [-0.2, -0.15) is 0 Å². The van der Waals surface area contributed by atoms with E-state index in [0.717, 1.165) is 17.3 Å². The number of nitrogens with zero attached hydrogens (tertiary/aromatic N) is 2. The summed E-state index contributed by atoms with van der Waals surface area (Å²) in [5, 5.41) is 3.91. The summed E-state index contributed by atoms with van der Waals surface area (Å²) in [5.41, 5.74) is 0.266. The number of carbonyl (C=O) groups is 3. The number of fused-ring (bicyclic) bond motifs is 3. The fourth-order valence-corrected chi connectivity index (χ4v) is 4.70. The number of para-hydroxylation sites is 1. The average Bonchev–Trinajstić information content (AvgIpc) is 3.42. The van der Waals surface area contributed by atoms with Crippen molar-refractivity contribution >= 4 is 28.8 Å².